The maximum Gasteiger partial charge on any atom is 0.318 e. The number of aryl methyl sites for hydroxylation is 2. The van der Waals surface area contributed by atoms with Crippen molar-refractivity contribution in [3.8, 4) is 5.75 Å². The van der Waals surface area contributed by atoms with Crippen molar-refractivity contribution in [1.29, 1.82) is 0 Å². The fourth-order valence-electron chi connectivity index (χ4n) is 5.66. The Morgan fingerprint density at radius 2 is 1.63 bits per heavy atom. The summed E-state index contributed by atoms with van der Waals surface area (Å²) >= 11 is 0. The number of methoxy groups -OCH3 is 1. The molecule has 2 aliphatic rings. The number of carbonyl (C=O) groups excluding carboxylic acids is 2. The van der Waals surface area contributed by atoms with Gasteiger partial charge in [0.2, 0.25) is 15.9 Å². The van der Waals surface area contributed by atoms with Crippen LogP contribution in [0, 0.1) is 13.8 Å². The molecule has 1 atom stereocenters. The Morgan fingerprint density at radius 1 is 0.884 bits per heavy atom. The molecule has 0 saturated carbocycles. The molecule has 1 N–H and O–H groups in total. The molecule has 3 amide bonds. The van der Waals surface area contributed by atoms with Gasteiger partial charge in [0.25, 0.3) is 0 Å². The fourth-order valence-corrected chi connectivity index (χ4v) is 7.13. The molecule has 0 aliphatic carbocycles. The van der Waals surface area contributed by atoms with Gasteiger partial charge in [-0.2, -0.15) is 4.31 Å². The highest BCUT2D eigenvalue weighted by Gasteiger charge is 2.42. The van der Waals surface area contributed by atoms with E-state index in [4.69, 9.17) is 4.74 Å². The highest BCUT2D eigenvalue weighted by atomic mass is 32.2. The van der Waals surface area contributed by atoms with Crippen LogP contribution in [0.5, 0.6) is 5.75 Å². The van der Waals surface area contributed by atoms with Gasteiger partial charge in [0.15, 0.2) is 0 Å². The second-order valence-electron chi connectivity index (χ2n) is 11.0. The van der Waals surface area contributed by atoms with Crippen LogP contribution in [0.2, 0.25) is 0 Å². The molecule has 3 aromatic carbocycles. The van der Waals surface area contributed by atoms with Gasteiger partial charge < -0.3 is 24.8 Å². The van der Waals surface area contributed by atoms with E-state index in [-0.39, 0.29) is 30.4 Å². The van der Waals surface area contributed by atoms with Gasteiger partial charge in [-0.3, -0.25) is 4.79 Å². The first kappa shape index (κ1) is 30.4. The number of rotatable bonds is 7. The van der Waals surface area contributed by atoms with Crippen LogP contribution in [-0.4, -0.2) is 93.4 Å². The zero-order valence-corrected chi connectivity index (χ0v) is 25.7. The summed E-state index contributed by atoms with van der Waals surface area (Å²) in [6, 6.07) is 20.8. The van der Waals surface area contributed by atoms with Gasteiger partial charge in [-0.25, -0.2) is 13.2 Å². The lowest BCUT2D eigenvalue weighted by Crippen LogP contribution is -2.64. The van der Waals surface area contributed by atoms with E-state index in [1.807, 2.05) is 30.3 Å². The first-order chi connectivity index (χ1) is 20.7. The number of ether oxygens (including phenoxy) is 1. The molecule has 5 rings (SSSR count). The number of nitrogens with one attached hydrogen (secondary N) is 1. The van der Waals surface area contributed by atoms with Crippen molar-refractivity contribution in [3.05, 3.63) is 89.5 Å². The van der Waals surface area contributed by atoms with Crippen LogP contribution in [0.1, 0.15) is 16.7 Å². The number of anilines is 1. The molecule has 11 heteroatoms. The summed E-state index contributed by atoms with van der Waals surface area (Å²) in [7, 11) is -2.45. The molecule has 43 heavy (non-hydrogen) atoms. The lowest BCUT2D eigenvalue weighted by atomic mass is 10.1. The molecule has 2 aliphatic heterocycles. The van der Waals surface area contributed by atoms with Crippen molar-refractivity contribution in [2.24, 2.45) is 0 Å². The van der Waals surface area contributed by atoms with Gasteiger partial charge in [-0.15, -0.1) is 0 Å². The first-order valence-electron chi connectivity index (χ1n) is 14.5. The highest BCUT2D eigenvalue weighted by molar-refractivity contribution is 7.89. The minimum atomic E-state index is -3.93. The van der Waals surface area contributed by atoms with Crippen LogP contribution in [0.15, 0.2) is 77.7 Å². The lowest BCUT2D eigenvalue weighted by molar-refractivity contribution is -0.137. The van der Waals surface area contributed by atoms with Crippen LogP contribution in [0.25, 0.3) is 0 Å². The van der Waals surface area contributed by atoms with E-state index in [1.165, 1.54) is 39.6 Å². The highest BCUT2D eigenvalue weighted by Crippen LogP contribution is 2.26. The number of amides is 3. The Labute approximate surface area is 253 Å². The van der Waals surface area contributed by atoms with Crippen LogP contribution >= 0.6 is 0 Å². The van der Waals surface area contributed by atoms with E-state index < -0.39 is 22.1 Å². The summed E-state index contributed by atoms with van der Waals surface area (Å²) in [6.45, 7) is 6.72. The van der Waals surface area contributed by atoms with E-state index in [1.54, 1.807) is 17.0 Å². The quantitative estimate of drug-likeness (QED) is 0.444. The largest absolute Gasteiger partial charge is 0.497 e. The minimum Gasteiger partial charge on any atom is -0.497 e. The Hall–Kier alpha value is -4.09. The normalized spacial score (nSPS) is 17.9. The summed E-state index contributed by atoms with van der Waals surface area (Å²) in [5, 5.41) is 2.92. The lowest BCUT2D eigenvalue weighted by Gasteiger charge is -2.43. The number of piperazine rings is 2. The molecular formula is C32H39N5O5S. The van der Waals surface area contributed by atoms with Crippen molar-refractivity contribution >= 4 is 27.6 Å². The van der Waals surface area contributed by atoms with Crippen molar-refractivity contribution in [2.75, 3.05) is 57.8 Å². The summed E-state index contributed by atoms with van der Waals surface area (Å²) in [4.78, 5) is 33.1. The number of urea groups is 1. The molecule has 2 saturated heterocycles. The molecule has 0 spiro atoms. The number of benzene rings is 3. The monoisotopic (exact) mass is 605 g/mol. The number of sulfonamides is 1. The van der Waals surface area contributed by atoms with Gasteiger partial charge in [0.1, 0.15) is 11.8 Å². The van der Waals surface area contributed by atoms with E-state index in [0.29, 0.717) is 38.5 Å². The van der Waals surface area contributed by atoms with Crippen molar-refractivity contribution in [3.63, 3.8) is 0 Å². The average Bonchev–Trinajstić information content (AvgIpc) is 3.04. The van der Waals surface area contributed by atoms with E-state index in [2.05, 4.69) is 42.3 Å². The van der Waals surface area contributed by atoms with Crippen LogP contribution < -0.4 is 15.0 Å². The molecule has 0 bridgehead atoms. The van der Waals surface area contributed by atoms with Gasteiger partial charge in [-0.1, -0.05) is 48.5 Å². The number of hydrogen-bond donors (Lipinski definition) is 1. The third kappa shape index (κ3) is 6.78. The third-order valence-electron chi connectivity index (χ3n) is 8.15. The van der Waals surface area contributed by atoms with Crippen molar-refractivity contribution in [1.82, 2.24) is 19.4 Å². The van der Waals surface area contributed by atoms with Crippen molar-refractivity contribution < 1.29 is 22.7 Å². The maximum atomic E-state index is 14.1. The second-order valence-corrected chi connectivity index (χ2v) is 12.9. The Morgan fingerprint density at radius 3 is 2.35 bits per heavy atom. The zero-order valence-electron chi connectivity index (χ0n) is 24.9. The van der Waals surface area contributed by atoms with E-state index in [0.717, 1.165) is 11.3 Å². The molecule has 10 nitrogen and oxygen atoms in total. The molecule has 2 heterocycles. The summed E-state index contributed by atoms with van der Waals surface area (Å²) in [5.41, 5.74) is 4.44. The third-order valence-corrected chi connectivity index (χ3v) is 10.0. The molecule has 3 aromatic rings. The van der Waals surface area contributed by atoms with Gasteiger partial charge >= 0.3 is 6.03 Å². The summed E-state index contributed by atoms with van der Waals surface area (Å²) in [5.74, 6) is 0.176. The predicted octanol–water partition coefficient (Wildman–Crippen LogP) is 3.25. The standard InChI is InChI=1S/C32H39N5O5S/c1-24-12-13-25(2)29(20-24)34-14-16-35(17-15-34)31(38)30-23-36(43(40,41)28-11-7-10-27(21-28)42-3)18-19-37(30)32(39)33-22-26-8-5-4-6-9-26/h4-13,20-21,30H,14-19,22-23H2,1-3H3,(H,33,39). The number of hydrogen-bond acceptors (Lipinski definition) is 6. The molecular weight excluding hydrogens is 566 g/mol. The zero-order chi connectivity index (χ0) is 30.6. The molecule has 2 fully saturated rings. The number of carbonyl (C=O) groups is 2. The molecule has 0 aromatic heterocycles. The Balaban J connectivity index is 1.34. The van der Waals surface area contributed by atoms with E-state index >= 15 is 0 Å². The second kappa shape index (κ2) is 13.0. The van der Waals surface area contributed by atoms with Crippen LogP contribution in [-0.2, 0) is 21.4 Å². The molecule has 0 radical (unpaired) electrons. The van der Waals surface area contributed by atoms with Gasteiger partial charge in [0, 0.05) is 64.1 Å². The van der Waals surface area contributed by atoms with E-state index in [9.17, 15) is 18.0 Å². The van der Waals surface area contributed by atoms with Crippen LogP contribution in [0.4, 0.5) is 10.5 Å². The summed E-state index contributed by atoms with van der Waals surface area (Å²) < 4.78 is 33.9. The Bertz CT molecular complexity index is 1560. The van der Waals surface area contributed by atoms with Crippen LogP contribution in [0.3, 0.4) is 0 Å². The topological polar surface area (TPSA) is 102 Å². The number of nitrogens with zero attached hydrogens (tertiary/aromatic N) is 4. The molecule has 1 unspecified atom stereocenters. The van der Waals surface area contributed by atoms with Crippen molar-refractivity contribution in [2.45, 2.75) is 31.3 Å². The van der Waals surface area contributed by atoms with Gasteiger partial charge in [-0.05, 0) is 48.7 Å². The smallest absolute Gasteiger partial charge is 0.318 e. The fraction of sp³-hybridized carbons (Fsp3) is 0.375. The predicted molar refractivity (Wildman–Crippen MR) is 166 cm³/mol. The Kier molecular flexibility index (Phi) is 9.22. The first-order valence-corrected chi connectivity index (χ1v) is 15.9. The summed E-state index contributed by atoms with van der Waals surface area (Å²) in [6.07, 6.45) is 0. The van der Waals surface area contributed by atoms with Gasteiger partial charge in [0.05, 0.1) is 12.0 Å². The SMILES string of the molecule is COc1cccc(S(=O)(=O)N2CCN(C(=O)NCc3ccccc3)C(C(=O)N3CCN(c4cc(C)ccc4C)CC3)C2)c1. The average molecular weight is 606 g/mol. The molecule has 228 valence electrons. The minimum absolute atomic E-state index is 0.0719. The maximum absolute atomic E-state index is 14.1.